The quantitative estimate of drug-likeness (QED) is 0.615. The van der Waals surface area contributed by atoms with Crippen LogP contribution in [0.3, 0.4) is 0 Å². The Kier molecular flexibility index (Phi) is 5.18. The van der Waals surface area contributed by atoms with Crippen LogP contribution < -0.4 is 0 Å². The van der Waals surface area contributed by atoms with Crippen molar-refractivity contribution in [2.75, 3.05) is 13.6 Å². The zero-order valence-corrected chi connectivity index (χ0v) is 12.9. The van der Waals surface area contributed by atoms with E-state index in [4.69, 9.17) is 11.6 Å². The number of aryl methyl sites for hydroxylation is 1. The molecule has 0 fully saturated rings. The van der Waals surface area contributed by atoms with Gasteiger partial charge in [-0.1, -0.05) is 0 Å². The van der Waals surface area contributed by atoms with Gasteiger partial charge in [0.15, 0.2) is 5.78 Å². The highest BCUT2D eigenvalue weighted by Crippen LogP contribution is 2.18. The van der Waals surface area contributed by atoms with Crippen molar-refractivity contribution in [3.63, 3.8) is 0 Å². The lowest BCUT2D eigenvalue weighted by Gasteiger charge is -2.17. The number of likely N-dealkylation sites (N-methyl/N-ethyl adjacent to an activating group) is 1. The Morgan fingerprint density at radius 1 is 1.42 bits per heavy atom. The molecule has 0 bridgehead atoms. The van der Waals surface area contributed by atoms with Crippen LogP contribution in [-0.2, 0) is 11.3 Å². The fourth-order valence-corrected chi connectivity index (χ4v) is 2.06. The lowest BCUT2D eigenvalue weighted by atomic mass is 10.1. The SMILES string of the molecule is CCN(C)C(=O)Cn1c(C)cc(C(=O)C(C)Cl)c1C. The van der Waals surface area contributed by atoms with Gasteiger partial charge in [-0.15, -0.1) is 11.6 Å². The van der Waals surface area contributed by atoms with Crippen LogP contribution in [0.2, 0.25) is 0 Å². The van der Waals surface area contributed by atoms with E-state index in [9.17, 15) is 9.59 Å². The monoisotopic (exact) mass is 284 g/mol. The number of halogens is 1. The molecule has 0 spiro atoms. The van der Waals surface area contributed by atoms with Crippen molar-refractivity contribution in [1.82, 2.24) is 9.47 Å². The minimum atomic E-state index is -0.553. The summed E-state index contributed by atoms with van der Waals surface area (Å²) < 4.78 is 1.86. The van der Waals surface area contributed by atoms with Gasteiger partial charge in [0.2, 0.25) is 5.91 Å². The second-order valence-electron chi connectivity index (χ2n) is 4.76. The highest BCUT2D eigenvalue weighted by atomic mass is 35.5. The summed E-state index contributed by atoms with van der Waals surface area (Å²) in [5.41, 5.74) is 2.30. The van der Waals surface area contributed by atoms with E-state index in [0.717, 1.165) is 11.4 Å². The number of alkyl halides is 1. The molecule has 0 saturated carbocycles. The van der Waals surface area contributed by atoms with Crippen molar-refractivity contribution in [2.45, 2.75) is 39.6 Å². The summed E-state index contributed by atoms with van der Waals surface area (Å²) in [4.78, 5) is 25.6. The predicted octanol–water partition coefficient (Wildman–Crippen LogP) is 2.39. The van der Waals surface area contributed by atoms with E-state index < -0.39 is 5.38 Å². The van der Waals surface area contributed by atoms with Crippen LogP contribution in [0, 0.1) is 13.8 Å². The maximum Gasteiger partial charge on any atom is 0.242 e. The lowest BCUT2D eigenvalue weighted by Crippen LogP contribution is -2.30. The largest absolute Gasteiger partial charge is 0.344 e. The number of Topliss-reactive ketones (excluding diaryl/α,β-unsaturated/α-hetero) is 1. The van der Waals surface area contributed by atoms with E-state index in [1.54, 1.807) is 24.9 Å². The molecule has 1 amide bonds. The van der Waals surface area contributed by atoms with Crippen molar-refractivity contribution in [3.8, 4) is 0 Å². The molecule has 0 saturated heterocycles. The van der Waals surface area contributed by atoms with Gasteiger partial charge in [0.1, 0.15) is 6.54 Å². The first kappa shape index (κ1) is 15.8. The molecule has 0 radical (unpaired) electrons. The molecule has 106 valence electrons. The maximum absolute atomic E-state index is 12.0. The Balaban J connectivity index is 3.04. The lowest BCUT2D eigenvalue weighted by molar-refractivity contribution is -0.130. The number of carbonyl (C=O) groups excluding carboxylic acids is 2. The van der Waals surface area contributed by atoms with Crippen LogP contribution in [0.5, 0.6) is 0 Å². The molecule has 1 aromatic rings. The van der Waals surface area contributed by atoms with Crippen LogP contribution in [-0.4, -0.2) is 40.1 Å². The van der Waals surface area contributed by atoms with Gasteiger partial charge in [-0.25, -0.2) is 0 Å². The third-order valence-corrected chi connectivity index (χ3v) is 3.59. The molecule has 4 nitrogen and oxygen atoms in total. The second-order valence-corrected chi connectivity index (χ2v) is 5.41. The first-order valence-corrected chi connectivity index (χ1v) is 6.82. The van der Waals surface area contributed by atoms with Gasteiger partial charge in [-0.3, -0.25) is 9.59 Å². The number of hydrogen-bond acceptors (Lipinski definition) is 2. The van der Waals surface area contributed by atoms with E-state index in [2.05, 4.69) is 0 Å². The second kappa shape index (κ2) is 6.24. The van der Waals surface area contributed by atoms with Crippen LogP contribution in [0.25, 0.3) is 0 Å². The molecule has 1 aromatic heterocycles. The normalized spacial score (nSPS) is 12.3. The Hall–Kier alpha value is -1.29. The third kappa shape index (κ3) is 3.38. The Labute approximate surface area is 119 Å². The number of ketones is 1. The topological polar surface area (TPSA) is 42.3 Å². The molecule has 0 aliphatic rings. The fraction of sp³-hybridized carbons (Fsp3) is 0.571. The van der Waals surface area contributed by atoms with Crippen LogP contribution in [0.1, 0.15) is 35.6 Å². The summed E-state index contributed by atoms with van der Waals surface area (Å²) in [6.45, 7) is 8.25. The zero-order chi connectivity index (χ0) is 14.7. The summed E-state index contributed by atoms with van der Waals surface area (Å²) in [5, 5.41) is -0.553. The van der Waals surface area contributed by atoms with Crippen molar-refractivity contribution in [2.24, 2.45) is 0 Å². The minimum absolute atomic E-state index is 0.0298. The summed E-state index contributed by atoms with van der Waals surface area (Å²) in [5.74, 6) is -0.0699. The van der Waals surface area contributed by atoms with E-state index in [1.165, 1.54) is 0 Å². The van der Waals surface area contributed by atoms with Gasteiger partial charge in [-0.2, -0.15) is 0 Å². The number of hydrogen-bond donors (Lipinski definition) is 0. The molecule has 0 aliphatic carbocycles. The molecule has 0 N–H and O–H groups in total. The molecular weight excluding hydrogens is 264 g/mol. The first-order chi connectivity index (χ1) is 8.79. The molecule has 1 rings (SSSR count). The van der Waals surface area contributed by atoms with Gasteiger partial charge in [0.25, 0.3) is 0 Å². The van der Waals surface area contributed by atoms with Gasteiger partial charge in [0, 0.05) is 30.5 Å². The predicted molar refractivity (Wildman–Crippen MR) is 76.9 cm³/mol. The van der Waals surface area contributed by atoms with Gasteiger partial charge >= 0.3 is 0 Å². The van der Waals surface area contributed by atoms with Crippen LogP contribution >= 0.6 is 11.6 Å². The van der Waals surface area contributed by atoms with E-state index >= 15 is 0 Å². The zero-order valence-electron chi connectivity index (χ0n) is 12.2. The average molecular weight is 285 g/mol. The standard InChI is InChI=1S/C14H21ClN2O2/c1-6-16(5)13(18)8-17-9(2)7-12(11(17)4)14(19)10(3)15/h7,10H,6,8H2,1-5H3. The number of amides is 1. The molecule has 5 heteroatoms. The molecule has 1 heterocycles. The Morgan fingerprint density at radius 3 is 2.47 bits per heavy atom. The van der Waals surface area contributed by atoms with E-state index in [-0.39, 0.29) is 18.2 Å². The smallest absolute Gasteiger partial charge is 0.242 e. The fourth-order valence-electron chi connectivity index (χ4n) is 1.94. The summed E-state index contributed by atoms with van der Waals surface area (Å²) in [6.07, 6.45) is 0. The van der Waals surface area contributed by atoms with Crippen molar-refractivity contribution in [1.29, 1.82) is 0 Å². The molecule has 0 aromatic carbocycles. The molecule has 1 atom stereocenters. The first-order valence-electron chi connectivity index (χ1n) is 6.38. The molecule has 0 aliphatic heterocycles. The highest BCUT2D eigenvalue weighted by molar-refractivity contribution is 6.33. The maximum atomic E-state index is 12.0. The van der Waals surface area contributed by atoms with Crippen molar-refractivity contribution < 1.29 is 9.59 Å². The minimum Gasteiger partial charge on any atom is -0.344 e. The van der Waals surface area contributed by atoms with Crippen LogP contribution in [0.15, 0.2) is 6.07 Å². The number of rotatable bonds is 5. The highest BCUT2D eigenvalue weighted by Gasteiger charge is 2.20. The number of aromatic nitrogens is 1. The van der Waals surface area contributed by atoms with Gasteiger partial charge < -0.3 is 9.47 Å². The molecule has 1 unspecified atom stereocenters. The molecule has 19 heavy (non-hydrogen) atoms. The van der Waals surface area contributed by atoms with Gasteiger partial charge in [0.05, 0.1) is 5.38 Å². The van der Waals surface area contributed by atoms with E-state index in [1.807, 2.05) is 25.3 Å². The van der Waals surface area contributed by atoms with Crippen molar-refractivity contribution >= 4 is 23.3 Å². The summed E-state index contributed by atoms with van der Waals surface area (Å²) >= 11 is 5.84. The van der Waals surface area contributed by atoms with Crippen molar-refractivity contribution in [3.05, 3.63) is 23.0 Å². The van der Waals surface area contributed by atoms with E-state index in [0.29, 0.717) is 12.1 Å². The Bertz CT molecular complexity index is 492. The molecular formula is C14H21ClN2O2. The third-order valence-electron chi connectivity index (χ3n) is 3.39. The number of nitrogens with zero attached hydrogens (tertiary/aromatic N) is 2. The summed E-state index contributed by atoms with van der Waals surface area (Å²) in [7, 11) is 1.77. The Morgan fingerprint density at radius 2 is 2.00 bits per heavy atom. The number of carbonyl (C=O) groups is 2. The van der Waals surface area contributed by atoms with Crippen LogP contribution in [0.4, 0.5) is 0 Å². The summed E-state index contributed by atoms with van der Waals surface area (Å²) in [6, 6.07) is 1.80. The average Bonchev–Trinajstić information content (AvgIpc) is 2.64. The van der Waals surface area contributed by atoms with Gasteiger partial charge in [-0.05, 0) is 33.8 Å².